The molecule has 2 N–H and O–H groups in total. The smallest absolute Gasteiger partial charge is 0.130 e. The van der Waals surface area contributed by atoms with Crippen LogP contribution in [0.15, 0.2) is 6.20 Å². The molecule has 72 valence electrons. The van der Waals surface area contributed by atoms with Gasteiger partial charge in [-0.25, -0.2) is 9.97 Å². The summed E-state index contributed by atoms with van der Waals surface area (Å²) < 4.78 is 5.21. The van der Waals surface area contributed by atoms with Gasteiger partial charge in [0.2, 0.25) is 0 Å². The first kappa shape index (κ1) is 9.92. The lowest BCUT2D eigenvalue weighted by molar-refractivity contribution is 0.151. The third-order valence-corrected chi connectivity index (χ3v) is 1.74. The largest absolute Gasteiger partial charge is 0.383 e. The first-order chi connectivity index (χ1) is 6.24. The maximum absolute atomic E-state index is 5.70. The molecule has 0 unspecified atom stereocenters. The molecule has 0 saturated carbocycles. The number of hydrogen-bond donors (Lipinski definition) is 1. The van der Waals surface area contributed by atoms with Crippen molar-refractivity contribution in [1.29, 1.82) is 0 Å². The average Bonchev–Trinajstić information content (AvgIpc) is 2.09. The van der Waals surface area contributed by atoms with E-state index in [1.165, 1.54) is 0 Å². The fourth-order valence-electron chi connectivity index (χ4n) is 1.03. The lowest BCUT2D eigenvalue weighted by Gasteiger charge is -2.04. The minimum atomic E-state index is 0.562. The topological polar surface area (TPSA) is 61.0 Å². The SMILES string of the molecule is CCOCCc1cnc(C)nc1N. The van der Waals surface area contributed by atoms with Gasteiger partial charge in [-0.2, -0.15) is 0 Å². The van der Waals surface area contributed by atoms with Crippen molar-refractivity contribution in [3.63, 3.8) is 0 Å². The molecule has 1 aromatic rings. The zero-order valence-corrected chi connectivity index (χ0v) is 8.08. The number of ether oxygens (including phenoxy) is 1. The van der Waals surface area contributed by atoms with Gasteiger partial charge < -0.3 is 10.5 Å². The highest BCUT2D eigenvalue weighted by Crippen LogP contribution is 2.07. The van der Waals surface area contributed by atoms with Gasteiger partial charge in [0.05, 0.1) is 6.61 Å². The van der Waals surface area contributed by atoms with Crippen LogP contribution in [0.25, 0.3) is 0 Å². The molecule has 0 saturated heterocycles. The van der Waals surface area contributed by atoms with Gasteiger partial charge >= 0.3 is 0 Å². The second kappa shape index (κ2) is 4.77. The van der Waals surface area contributed by atoms with Crippen LogP contribution in [-0.4, -0.2) is 23.2 Å². The van der Waals surface area contributed by atoms with Crippen molar-refractivity contribution < 1.29 is 4.74 Å². The second-order valence-corrected chi connectivity index (χ2v) is 2.77. The van der Waals surface area contributed by atoms with Crippen LogP contribution in [0.3, 0.4) is 0 Å². The Balaban J connectivity index is 2.56. The number of rotatable bonds is 4. The van der Waals surface area contributed by atoms with E-state index >= 15 is 0 Å². The number of aryl methyl sites for hydroxylation is 1. The van der Waals surface area contributed by atoms with Gasteiger partial charge in [-0.1, -0.05) is 0 Å². The molecule has 0 bridgehead atoms. The molecule has 0 amide bonds. The summed E-state index contributed by atoms with van der Waals surface area (Å²) in [5, 5.41) is 0. The number of nitrogens with two attached hydrogens (primary N) is 1. The van der Waals surface area contributed by atoms with E-state index in [-0.39, 0.29) is 0 Å². The fraction of sp³-hybridized carbons (Fsp3) is 0.556. The molecule has 0 aromatic carbocycles. The number of aromatic nitrogens is 2. The van der Waals surface area contributed by atoms with E-state index in [0.29, 0.717) is 18.2 Å². The van der Waals surface area contributed by atoms with E-state index < -0.39 is 0 Å². The molecule has 0 aliphatic heterocycles. The molecule has 4 heteroatoms. The first-order valence-corrected chi connectivity index (χ1v) is 4.39. The average molecular weight is 181 g/mol. The van der Waals surface area contributed by atoms with Crippen molar-refractivity contribution in [2.45, 2.75) is 20.3 Å². The maximum atomic E-state index is 5.70. The molecule has 4 nitrogen and oxygen atoms in total. The lowest BCUT2D eigenvalue weighted by Crippen LogP contribution is -2.05. The maximum Gasteiger partial charge on any atom is 0.130 e. The van der Waals surface area contributed by atoms with Gasteiger partial charge in [0, 0.05) is 24.8 Å². The van der Waals surface area contributed by atoms with Crippen LogP contribution < -0.4 is 5.73 Å². The molecular formula is C9H15N3O. The summed E-state index contributed by atoms with van der Waals surface area (Å²) in [4.78, 5) is 8.14. The minimum Gasteiger partial charge on any atom is -0.383 e. The summed E-state index contributed by atoms with van der Waals surface area (Å²) in [6.07, 6.45) is 2.54. The fourth-order valence-corrected chi connectivity index (χ4v) is 1.03. The van der Waals surface area contributed by atoms with Crippen LogP contribution >= 0.6 is 0 Å². The van der Waals surface area contributed by atoms with E-state index in [4.69, 9.17) is 10.5 Å². The number of nitrogen functional groups attached to an aromatic ring is 1. The third-order valence-electron chi connectivity index (χ3n) is 1.74. The molecule has 0 atom stereocenters. The van der Waals surface area contributed by atoms with E-state index in [2.05, 4.69) is 9.97 Å². The molecule has 0 aliphatic carbocycles. The Kier molecular flexibility index (Phi) is 3.64. The van der Waals surface area contributed by atoms with Crippen molar-refractivity contribution in [1.82, 2.24) is 9.97 Å². The van der Waals surface area contributed by atoms with E-state index in [0.717, 1.165) is 18.6 Å². The molecule has 0 fully saturated rings. The van der Waals surface area contributed by atoms with Crippen molar-refractivity contribution in [2.75, 3.05) is 18.9 Å². The molecule has 0 spiro atoms. The summed E-state index contributed by atoms with van der Waals surface area (Å²) in [5.41, 5.74) is 6.65. The van der Waals surface area contributed by atoms with Crippen LogP contribution in [-0.2, 0) is 11.2 Å². The van der Waals surface area contributed by atoms with Crippen LogP contribution in [0.1, 0.15) is 18.3 Å². The van der Waals surface area contributed by atoms with Gasteiger partial charge in [-0.3, -0.25) is 0 Å². The molecule has 1 aromatic heterocycles. The first-order valence-electron chi connectivity index (χ1n) is 4.39. The van der Waals surface area contributed by atoms with Crippen LogP contribution in [0.4, 0.5) is 5.82 Å². The number of nitrogens with zero attached hydrogens (tertiary/aromatic N) is 2. The lowest BCUT2D eigenvalue weighted by atomic mass is 10.2. The Morgan fingerprint density at radius 2 is 2.31 bits per heavy atom. The Bertz CT molecular complexity index is 276. The van der Waals surface area contributed by atoms with E-state index in [1.807, 2.05) is 13.8 Å². The highest BCUT2D eigenvalue weighted by molar-refractivity contribution is 5.37. The van der Waals surface area contributed by atoms with Crippen molar-refractivity contribution in [3.8, 4) is 0 Å². The highest BCUT2D eigenvalue weighted by atomic mass is 16.5. The van der Waals surface area contributed by atoms with E-state index in [9.17, 15) is 0 Å². The van der Waals surface area contributed by atoms with Gasteiger partial charge in [0.1, 0.15) is 11.6 Å². The summed E-state index contributed by atoms with van der Waals surface area (Å²) in [5.74, 6) is 1.27. The van der Waals surface area contributed by atoms with Crippen molar-refractivity contribution >= 4 is 5.82 Å². The summed E-state index contributed by atoms with van der Waals surface area (Å²) in [6.45, 7) is 5.19. The number of anilines is 1. The molecule has 1 rings (SSSR count). The number of hydrogen-bond acceptors (Lipinski definition) is 4. The standard InChI is InChI=1S/C9H15N3O/c1-3-13-5-4-8-6-11-7(2)12-9(8)10/h6H,3-5H2,1-2H3,(H2,10,11,12). The van der Waals surface area contributed by atoms with Gasteiger partial charge in [-0.15, -0.1) is 0 Å². The van der Waals surface area contributed by atoms with Crippen LogP contribution in [0.5, 0.6) is 0 Å². The normalized spacial score (nSPS) is 10.3. The van der Waals surface area contributed by atoms with Gasteiger partial charge in [0.25, 0.3) is 0 Å². The zero-order valence-electron chi connectivity index (χ0n) is 8.08. The van der Waals surface area contributed by atoms with Crippen LogP contribution in [0.2, 0.25) is 0 Å². The Morgan fingerprint density at radius 3 is 2.92 bits per heavy atom. The summed E-state index contributed by atoms with van der Waals surface area (Å²) >= 11 is 0. The predicted octanol–water partition coefficient (Wildman–Crippen LogP) is 0.946. The minimum absolute atomic E-state index is 0.562. The molecule has 1 heterocycles. The van der Waals surface area contributed by atoms with E-state index in [1.54, 1.807) is 6.20 Å². The molecule has 0 aliphatic rings. The molecule has 0 radical (unpaired) electrons. The van der Waals surface area contributed by atoms with Crippen molar-refractivity contribution in [3.05, 3.63) is 17.6 Å². The quantitative estimate of drug-likeness (QED) is 0.702. The molecule has 13 heavy (non-hydrogen) atoms. The zero-order chi connectivity index (χ0) is 9.68. The third kappa shape index (κ3) is 2.99. The Morgan fingerprint density at radius 1 is 1.54 bits per heavy atom. The predicted molar refractivity (Wildman–Crippen MR) is 51.4 cm³/mol. The monoisotopic (exact) mass is 181 g/mol. The Labute approximate surface area is 78.1 Å². The second-order valence-electron chi connectivity index (χ2n) is 2.77. The highest BCUT2D eigenvalue weighted by Gasteiger charge is 2.00. The van der Waals surface area contributed by atoms with Gasteiger partial charge in [0.15, 0.2) is 0 Å². The van der Waals surface area contributed by atoms with Crippen molar-refractivity contribution in [2.24, 2.45) is 0 Å². The summed E-state index contributed by atoms with van der Waals surface area (Å²) in [6, 6.07) is 0. The van der Waals surface area contributed by atoms with Crippen LogP contribution in [0, 0.1) is 6.92 Å². The Hall–Kier alpha value is -1.16. The summed E-state index contributed by atoms with van der Waals surface area (Å²) in [7, 11) is 0. The van der Waals surface area contributed by atoms with Gasteiger partial charge in [-0.05, 0) is 13.8 Å². The molecular weight excluding hydrogens is 166 g/mol.